The van der Waals surface area contributed by atoms with Crippen LogP contribution in [0, 0.1) is 6.92 Å². The van der Waals surface area contributed by atoms with Gasteiger partial charge in [0.05, 0.1) is 12.4 Å². The maximum Gasteiger partial charge on any atom is 0.265 e. The van der Waals surface area contributed by atoms with Crippen LogP contribution in [0.3, 0.4) is 0 Å². The van der Waals surface area contributed by atoms with E-state index in [1.165, 1.54) is 12.4 Å². The normalized spacial score (nSPS) is 11.5. The minimum Gasteiger partial charge on any atom is -0.448 e. The summed E-state index contributed by atoms with van der Waals surface area (Å²) in [5.41, 5.74) is 6.05. The second-order valence-electron chi connectivity index (χ2n) is 4.59. The number of hydrazone groups is 2. The Balaban J connectivity index is 1.63. The lowest BCUT2D eigenvalue weighted by molar-refractivity contribution is 0.534. The van der Waals surface area contributed by atoms with E-state index in [4.69, 9.17) is 8.83 Å². The molecule has 0 bridgehead atoms. The summed E-state index contributed by atoms with van der Waals surface area (Å²) < 4.78 is 11.8. The van der Waals surface area contributed by atoms with Crippen molar-refractivity contribution >= 4 is 56.1 Å². The number of aryl methyl sites for hydroxylation is 1. The molecule has 2 N–H and O–H groups in total. The van der Waals surface area contributed by atoms with Crippen molar-refractivity contribution in [2.75, 3.05) is 10.9 Å². The highest BCUT2D eigenvalue weighted by molar-refractivity contribution is 9.10. The van der Waals surface area contributed by atoms with Gasteiger partial charge in [-0.3, -0.25) is 5.43 Å². The molecular weight excluding hydrogens is 458 g/mol. The number of nitrogens with one attached hydrogen (secondary N) is 2. The van der Waals surface area contributed by atoms with Crippen LogP contribution in [0.4, 0.5) is 11.8 Å². The Morgan fingerprint density at radius 2 is 1.52 bits per heavy atom. The quantitative estimate of drug-likeness (QED) is 0.417. The molecule has 0 saturated heterocycles. The van der Waals surface area contributed by atoms with Crippen molar-refractivity contribution in [2.45, 2.75) is 6.92 Å². The van der Waals surface area contributed by atoms with E-state index in [9.17, 15) is 0 Å². The van der Waals surface area contributed by atoms with Gasteiger partial charge in [0.1, 0.15) is 17.2 Å². The fourth-order valence-corrected chi connectivity index (χ4v) is 2.28. The third-order valence-electron chi connectivity index (χ3n) is 2.76. The van der Waals surface area contributed by atoms with Gasteiger partial charge in [-0.25, -0.2) is 5.43 Å². The Kier molecular flexibility index (Phi) is 5.56. The summed E-state index contributed by atoms with van der Waals surface area (Å²) in [4.78, 5) is 4.24. The van der Waals surface area contributed by atoms with Gasteiger partial charge >= 0.3 is 0 Å². The smallest absolute Gasteiger partial charge is 0.265 e. The van der Waals surface area contributed by atoms with Crippen molar-refractivity contribution in [1.29, 1.82) is 0 Å². The molecule has 0 unspecified atom stereocenters. The lowest BCUT2D eigenvalue weighted by Gasteiger charge is -2.03. The number of aromatic nitrogens is 3. The van der Waals surface area contributed by atoms with Crippen LogP contribution in [0.1, 0.15) is 17.2 Å². The minimum atomic E-state index is 0.214. The van der Waals surface area contributed by atoms with Crippen LogP contribution in [-0.4, -0.2) is 27.6 Å². The lowest BCUT2D eigenvalue weighted by atomic mass is 10.5. The first-order chi connectivity index (χ1) is 12.1. The highest BCUT2D eigenvalue weighted by Crippen LogP contribution is 2.14. The number of hydrogen-bond acceptors (Lipinski definition) is 9. The zero-order chi connectivity index (χ0) is 17.6. The SMILES string of the molecule is Cc1nnc(N/N=C/c2ccc(Br)o2)nc1N/N=C/c1ccc(Br)o1. The molecule has 9 nitrogen and oxygen atoms in total. The maximum absolute atomic E-state index is 5.31. The van der Waals surface area contributed by atoms with E-state index in [1.807, 2.05) is 0 Å². The van der Waals surface area contributed by atoms with Crippen molar-refractivity contribution in [3.63, 3.8) is 0 Å². The van der Waals surface area contributed by atoms with Gasteiger partial charge < -0.3 is 8.83 Å². The molecule has 128 valence electrons. The molecule has 0 aliphatic rings. The first-order valence-corrected chi connectivity index (χ1v) is 8.49. The fraction of sp³-hybridized carbons (Fsp3) is 0.0714. The molecule has 0 aromatic carbocycles. The molecule has 3 aromatic heterocycles. The molecule has 0 aliphatic carbocycles. The zero-order valence-corrected chi connectivity index (χ0v) is 15.9. The Morgan fingerprint density at radius 1 is 0.920 bits per heavy atom. The molecular formula is C14H11Br2N7O2. The summed E-state index contributed by atoms with van der Waals surface area (Å²) >= 11 is 6.44. The molecule has 3 aromatic rings. The van der Waals surface area contributed by atoms with Crippen LogP contribution in [0.15, 0.2) is 52.6 Å². The number of anilines is 2. The van der Waals surface area contributed by atoms with Crippen LogP contribution in [0.25, 0.3) is 0 Å². The molecule has 25 heavy (non-hydrogen) atoms. The average molecular weight is 469 g/mol. The van der Waals surface area contributed by atoms with E-state index >= 15 is 0 Å². The molecule has 0 amide bonds. The number of nitrogens with zero attached hydrogens (tertiary/aromatic N) is 5. The largest absolute Gasteiger partial charge is 0.448 e. The van der Waals surface area contributed by atoms with Gasteiger partial charge in [-0.2, -0.15) is 15.2 Å². The third-order valence-corrected chi connectivity index (χ3v) is 3.61. The second-order valence-corrected chi connectivity index (χ2v) is 6.16. The topological polar surface area (TPSA) is 114 Å². The van der Waals surface area contributed by atoms with Gasteiger partial charge in [0, 0.05) is 0 Å². The summed E-state index contributed by atoms with van der Waals surface area (Å²) in [5.74, 6) is 1.82. The first-order valence-electron chi connectivity index (χ1n) is 6.90. The predicted octanol–water partition coefficient (Wildman–Crippen LogP) is 3.78. The summed E-state index contributed by atoms with van der Waals surface area (Å²) in [6.07, 6.45) is 3.01. The minimum absolute atomic E-state index is 0.214. The Hall–Kier alpha value is -2.53. The van der Waals surface area contributed by atoms with Gasteiger partial charge in [-0.05, 0) is 63.0 Å². The van der Waals surface area contributed by atoms with Crippen molar-refractivity contribution in [3.8, 4) is 0 Å². The van der Waals surface area contributed by atoms with Crippen molar-refractivity contribution in [3.05, 3.63) is 50.8 Å². The molecule has 0 saturated carbocycles. The van der Waals surface area contributed by atoms with Gasteiger partial charge in [0.2, 0.25) is 0 Å². The van der Waals surface area contributed by atoms with Gasteiger partial charge in [0.25, 0.3) is 5.95 Å². The number of rotatable bonds is 6. The molecule has 0 aliphatic heterocycles. The predicted molar refractivity (Wildman–Crippen MR) is 99.8 cm³/mol. The third kappa shape index (κ3) is 4.97. The molecule has 11 heteroatoms. The fourth-order valence-electron chi connectivity index (χ4n) is 1.64. The molecule has 0 radical (unpaired) electrons. The van der Waals surface area contributed by atoms with Crippen molar-refractivity contribution in [2.24, 2.45) is 10.2 Å². The van der Waals surface area contributed by atoms with Crippen LogP contribution in [0.2, 0.25) is 0 Å². The van der Waals surface area contributed by atoms with Crippen LogP contribution >= 0.6 is 31.9 Å². The monoisotopic (exact) mass is 467 g/mol. The van der Waals surface area contributed by atoms with Crippen LogP contribution in [-0.2, 0) is 0 Å². The number of halogens is 2. The molecule has 3 rings (SSSR count). The van der Waals surface area contributed by atoms with Crippen molar-refractivity contribution in [1.82, 2.24) is 15.2 Å². The maximum atomic E-state index is 5.31. The van der Waals surface area contributed by atoms with Crippen molar-refractivity contribution < 1.29 is 8.83 Å². The van der Waals surface area contributed by atoms with E-state index < -0.39 is 0 Å². The van der Waals surface area contributed by atoms with E-state index in [-0.39, 0.29) is 5.95 Å². The van der Waals surface area contributed by atoms with E-state index in [0.29, 0.717) is 32.4 Å². The molecule has 0 atom stereocenters. The van der Waals surface area contributed by atoms with Gasteiger partial charge in [-0.1, -0.05) is 0 Å². The van der Waals surface area contributed by atoms with E-state index in [2.05, 4.69) is 68.1 Å². The molecule has 0 spiro atoms. The summed E-state index contributed by atoms with van der Waals surface area (Å²) in [5, 5.41) is 15.9. The van der Waals surface area contributed by atoms with Crippen LogP contribution < -0.4 is 10.9 Å². The summed E-state index contributed by atoms with van der Waals surface area (Å²) in [6, 6.07) is 7.08. The Morgan fingerprint density at radius 3 is 2.08 bits per heavy atom. The average Bonchev–Trinajstić information content (AvgIpc) is 3.18. The Labute approximate surface area is 158 Å². The summed E-state index contributed by atoms with van der Waals surface area (Å²) in [7, 11) is 0. The number of hydrogen-bond donors (Lipinski definition) is 2. The second kappa shape index (κ2) is 8.03. The molecule has 3 heterocycles. The Bertz CT molecular complexity index is 920. The first kappa shape index (κ1) is 17.3. The standard InChI is InChI=1S/C14H11Br2N7O2/c1-8-13(21-17-6-9-2-4-11(15)24-9)19-14(23-20-8)22-18-7-10-3-5-12(16)25-10/h2-7H,1H3,(H2,19,21,22,23)/b17-6+,18-7+. The van der Waals surface area contributed by atoms with Crippen LogP contribution in [0.5, 0.6) is 0 Å². The van der Waals surface area contributed by atoms with Gasteiger partial charge in [0.15, 0.2) is 15.2 Å². The molecule has 0 fully saturated rings. The van der Waals surface area contributed by atoms with E-state index in [0.717, 1.165) is 0 Å². The number of furan rings is 2. The van der Waals surface area contributed by atoms with E-state index in [1.54, 1.807) is 31.2 Å². The van der Waals surface area contributed by atoms with Gasteiger partial charge in [-0.15, -0.1) is 10.2 Å². The summed E-state index contributed by atoms with van der Waals surface area (Å²) in [6.45, 7) is 1.76. The highest BCUT2D eigenvalue weighted by atomic mass is 79.9. The lowest BCUT2D eigenvalue weighted by Crippen LogP contribution is -2.05. The zero-order valence-electron chi connectivity index (χ0n) is 12.8. The highest BCUT2D eigenvalue weighted by Gasteiger charge is 2.04.